The topological polar surface area (TPSA) is 65.2 Å². The molecule has 2 aromatic rings. The largest absolute Gasteiger partial charge is 0.438 e. The SMILES string of the molecule is NC(=O)c1ccc(C(F)(F)F)nc1Oc1cccc(I)c1. The molecule has 2 N–H and O–H groups in total. The molecule has 0 atom stereocenters. The van der Waals surface area contributed by atoms with Gasteiger partial charge in [0.25, 0.3) is 5.91 Å². The minimum atomic E-state index is -4.64. The van der Waals surface area contributed by atoms with Crippen molar-refractivity contribution in [3.8, 4) is 11.6 Å². The molecule has 2 rings (SSSR count). The van der Waals surface area contributed by atoms with E-state index in [-0.39, 0.29) is 11.3 Å². The quantitative estimate of drug-likeness (QED) is 0.790. The van der Waals surface area contributed by atoms with Crippen molar-refractivity contribution < 1.29 is 22.7 Å². The normalized spacial score (nSPS) is 11.2. The van der Waals surface area contributed by atoms with Gasteiger partial charge in [0.2, 0.25) is 5.88 Å². The highest BCUT2D eigenvalue weighted by Crippen LogP contribution is 2.32. The molecule has 21 heavy (non-hydrogen) atoms. The number of nitrogens with two attached hydrogens (primary N) is 1. The molecule has 0 saturated heterocycles. The molecule has 4 nitrogen and oxygen atoms in total. The number of pyridine rings is 1. The number of alkyl halides is 3. The lowest BCUT2D eigenvalue weighted by atomic mass is 10.2. The second-order valence-electron chi connectivity index (χ2n) is 3.97. The fourth-order valence-electron chi connectivity index (χ4n) is 1.51. The van der Waals surface area contributed by atoms with Crippen LogP contribution in [0, 0.1) is 3.57 Å². The first-order valence-corrected chi connectivity index (χ1v) is 6.66. The first-order valence-electron chi connectivity index (χ1n) is 5.59. The second kappa shape index (κ2) is 5.88. The summed E-state index contributed by atoms with van der Waals surface area (Å²) in [6.07, 6.45) is -4.64. The predicted octanol–water partition coefficient (Wildman–Crippen LogP) is 3.60. The Labute approximate surface area is 131 Å². The van der Waals surface area contributed by atoms with E-state index in [4.69, 9.17) is 10.5 Å². The maximum atomic E-state index is 12.7. The van der Waals surface area contributed by atoms with Crippen LogP contribution in [-0.4, -0.2) is 10.9 Å². The summed E-state index contributed by atoms with van der Waals surface area (Å²) >= 11 is 2.02. The van der Waals surface area contributed by atoms with Crippen LogP contribution >= 0.6 is 22.6 Å². The van der Waals surface area contributed by atoms with Crippen molar-refractivity contribution in [2.45, 2.75) is 6.18 Å². The van der Waals surface area contributed by atoms with Crippen LogP contribution in [0.3, 0.4) is 0 Å². The van der Waals surface area contributed by atoms with Crippen molar-refractivity contribution >= 4 is 28.5 Å². The maximum absolute atomic E-state index is 12.7. The van der Waals surface area contributed by atoms with Gasteiger partial charge in [-0.1, -0.05) is 6.07 Å². The van der Waals surface area contributed by atoms with E-state index in [1.54, 1.807) is 18.2 Å². The van der Waals surface area contributed by atoms with Gasteiger partial charge in [0.05, 0.1) is 0 Å². The van der Waals surface area contributed by atoms with Gasteiger partial charge in [-0.25, -0.2) is 4.98 Å². The summed E-state index contributed by atoms with van der Waals surface area (Å²) in [5.41, 5.74) is 3.74. The Kier molecular flexibility index (Phi) is 4.35. The number of halogens is 4. The average molecular weight is 408 g/mol. The van der Waals surface area contributed by atoms with Gasteiger partial charge in [-0.3, -0.25) is 4.79 Å². The Bertz CT molecular complexity index is 689. The number of benzene rings is 1. The molecule has 1 amide bonds. The van der Waals surface area contributed by atoms with Crippen LogP contribution < -0.4 is 10.5 Å². The fourth-order valence-corrected chi connectivity index (χ4v) is 2.02. The Balaban J connectivity index is 2.46. The number of primary amides is 1. The van der Waals surface area contributed by atoms with Crippen molar-refractivity contribution in [2.24, 2.45) is 5.73 Å². The number of nitrogens with zero attached hydrogens (tertiary/aromatic N) is 1. The summed E-state index contributed by atoms with van der Waals surface area (Å²) < 4.78 is 44.1. The molecule has 0 spiro atoms. The lowest BCUT2D eigenvalue weighted by molar-refractivity contribution is -0.141. The Morgan fingerprint density at radius 1 is 1.24 bits per heavy atom. The van der Waals surface area contributed by atoms with E-state index >= 15 is 0 Å². The number of carbonyl (C=O) groups excluding carboxylic acids is 1. The molecule has 0 radical (unpaired) electrons. The third kappa shape index (κ3) is 3.84. The van der Waals surface area contributed by atoms with Crippen LogP contribution in [-0.2, 0) is 6.18 Å². The molecule has 8 heteroatoms. The molecule has 0 unspecified atom stereocenters. The minimum absolute atomic E-state index is 0.220. The van der Waals surface area contributed by atoms with Crippen molar-refractivity contribution in [1.82, 2.24) is 4.98 Å². The Hall–Kier alpha value is -1.84. The monoisotopic (exact) mass is 408 g/mol. The average Bonchev–Trinajstić information content (AvgIpc) is 2.37. The van der Waals surface area contributed by atoms with E-state index in [9.17, 15) is 18.0 Å². The van der Waals surface area contributed by atoms with E-state index in [0.29, 0.717) is 6.07 Å². The van der Waals surface area contributed by atoms with Gasteiger partial charge in [0, 0.05) is 3.57 Å². The summed E-state index contributed by atoms with van der Waals surface area (Å²) in [6.45, 7) is 0. The third-order valence-corrected chi connectivity index (χ3v) is 3.10. The van der Waals surface area contributed by atoms with Gasteiger partial charge >= 0.3 is 6.18 Å². The molecule has 0 aliphatic heterocycles. The van der Waals surface area contributed by atoms with Crippen molar-refractivity contribution in [3.63, 3.8) is 0 Å². The van der Waals surface area contributed by atoms with Crippen LogP contribution in [0.2, 0.25) is 0 Å². The number of aromatic nitrogens is 1. The number of rotatable bonds is 3. The molecule has 0 aliphatic carbocycles. The van der Waals surface area contributed by atoms with Crippen LogP contribution in [0.1, 0.15) is 16.1 Å². The fraction of sp³-hybridized carbons (Fsp3) is 0.0769. The number of amides is 1. The van der Waals surface area contributed by atoms with E-state index in [1.165, 1.54) is 6.07 Å². The van der Waals surface area contributed by atoms with Crippen LogP contribution in [0.15, 0.2) is 36.4 Å². The van der Waals surface area contributed by atoms with E-state index in [2.05, 4.69) is 4.98 Å². The molecular weight excluding hydrogens is 400 g/mol. The highest BCUT2D eigenvalue weighted by molar-refractivity contribution is 14.1. The summed E-state index contributed by atoms with van der Waals surface area (Å²) in [5, 5.41) is 0. The summed E-state index contributed by atoms with van der Waals surface area (Å²) in [5.74, 6) is -1.13. The van der Waals surface area contributed by atoms with Gasteiger partial charge in [0.15, 0.2) is 0 Å². The molecule has 0 aliphatic rings. The summed E-state index contributed by atoms with van der Waals surface area (Å²) in [7, 11) is 0. The standard InChI is InChI=1S/C13H8F3IN2O2/c14-13(15,16)10-5-4-9(11(18)20)12(19-10)21-8-3-1-2-7(17)6-8/h1-6H,(H2,18,20). The lowest BCUT2D eigenvalue weighted by Crippen LogP contribution is -2.16. The van der Waals surface area contributed by atoms with Gasteiger partial charge in [-0.2, -0.15) is 13.2 Å². The van der Waals surface area contributed by atoms with Gasteiger partial charge < -0.3 is 10.5 Å². The highest BCUT2D eigenvalue weighted by atomic mass is 127. The van der Waals surface area contributed by atoms with E-state index < -0.39 is 23.7 Å². The first kappa shape index (κ1) is 15.5. The lowest BCUT2D eigenvalue weighted by Gasteiger charge is -2.11. The minimum Gasteiger partial charge on any atom is -0.438 e. The van der Waals surface area contributed by atoms with Gasteiger partial charge in [0.1, 0.15) is 17.0 Å². The van der Waals surface area contributed by atoms with Crippen molar-refractivity contribution in [3.05, 3.63) is 51.2 Å². The maximum Gasteiger partial charge on any atom is 0.433 e. The zero-order valence-electron chi connectivity index (χ0n) is 10.3. The van der Waals surface area contributed by atoms with Crippen molar-refractivity contribution in [1.29, 1.82) is 0 Å². The Morgan fingerprint density at radius 3 is 2.52 bits per heavy atom. The zero-order valence-corrected chi connectivity index (χ0v) is 12.5. The predicted molar refractivity (Wildman–Crippen MR) is 77.0 cm³/mol. The number of ether oxygens (including phenoxy) is 1. The molecule has 0 saturated carbocycles. The van der Waals surface area contributed by atoms with Gasteiger partial charge in [-0.15, -0.1) is 0 Å². The molecule has 1 aromatic carbocycles. The number of hydrogen-bond acceptors (Lipinski definition) is 3. The summed E-state index contributed by atoms with van der Waals surface area (Å²) in [4.78, 5) is 14.6. The third-order valence-electron chi connectivity index (χ3n) is 2.43. The first-order chi connectivity index (χ1) is 9.77. The van der Waals surface area contributed by atoms with Crippen molar-refractivity contribution in [2.75, 3.05) is 0 Å². The van der Waals surface area contributed by atoms with Gasteiger partial charge in [-0.05, 0) is 52.9 Å². The number of carbonyl (C=O) groups is 1. The molecular formula is C13H8F3IN2O2. The smallest absolute Gasteiger partial charge is 0.433 e. The summed E-state index contributed by atoms with van der Waals surface area (Å²) in [6, 6.07) is 8.20. The van der Waals surface area contributed by atoms with Crippen LogP contribution in [0.5, 0.6) is 11.6 Å². The molecule has 1 aromatic heterocycles. The van der Waals surface area contributed by atoms with Crippen LogP contribution in [0.25, 0.3) is 0 Å². The zero-order chi connectivity index (χ0) is 15.6. The molecule has 1 heterocycles. The van der Waals surface area contributed by atoms with Crippen LogP contribution in [0.4, 0.5) is 13.2 Å². The molecule has 110 valence electrons. The second-order valence-corrected chi connectivity index (χ2v) is 5.22. The van der Waals surface area contributed by atoms with E-state index in [0.717, 1.165) is 9.64 Å². The molecule has 0 bridgehead atoms. The number of hydrogen-bond donors (Lipinski definition) is 1. The van der Waals surface area contributed by atoms with E-state index in [1.807, 2.05) is 22.6 Å². The molecule has 0 fully saturated rings. The Morgan fingerprint density at radius 2 is 1.95 bits per heavy atom. The highest BCUT2D eigenvalue weighted by Gasteiger charge is 2.33.